The highest BCUT2D eigenvalue weighted by Crippen LogP contribution is 2.27. The Morgan fingerprint density at radius 1 is 1.31 bits per heavy atom. The van der Waals surface area contributed by atoms with E-state index in [0.29, 0.717) is 12.6 Å². The predicted molar refractivity (Wildman–Crippen MR) is 68.3 cm³/mol. The summed E-state index contributed by atoms with van der Waals surface area (Å²) >= 11 is 0. The van der Waals surface area contributed by atoms with E-state index in [1.165, 1.54) is 31.9 Å². The monoisotopic (exact) mass is 247 g/mol. The van der Waals surface area contributed by atoms with Gasteiger partial charge in [-0.25, -0.2) is 8.42 Å². The van der Waals surface area contributed by atoms with Crippen LogP contribution in [-0.4, -0.2) is 32.0 Å². The molecule has 16 heavy (non-hydrogen) atoms. The number of sulfone groups is 1. The second-order valence-electron chi connectivity index (χ2n) is 5.75. The lowest BCUT2D eigenvalue weighted by Gasteiger charge is -2.27. The van der Waals surface area contributed by atoms with Gasteiger partial charge in [0.25, 0.3) is 0 Å². The van der Waals surface area contributed by atoms with Crippen LogP contribution in [-0.2, 0) is 9.84 Å². The average molecular weight is 247 g/mol. The van der Waals surface area contributed by atoms with Gasteiger partial charge in [-0.05, 0) is 39.5 Å². The van der Waals surface area contributed by atoms with Gasteiger partial charge >= 0.3 is 0 Å². The zero-order valence-electron chi connectivity index (χ0n) is 10.9. The average Bonchev–Trinajstić information content (AvgIpc) is 2.65. The first-order valence-electron chi connectivity index (χ1n) is 6.17. The second-order valence-corrected chi connectivity index (χ2v) is 8.40. The van der Waals surface area contributed by atoms with E-state index in [0.717, 1.165) is 5.92 Å². The van der Waals surface area contributed by atoms with E-state index in [9.17, 15) is 8.42 Å². The van der Waals surface area contributed by atoms with Crippen LogP contribution in [0.2, 0.25) is 0 Å². The maximum atomic E-state index is 11.5. The second kappa shape index (κ2) is 5.05. The van der Waals surface area contributed by atoms with Crippen LogP contribution in [0.5, 0.6) is 0 Å². The van der Waals surface area contributed by atoms with Crippen LogP contribution in [0.25, 0.3) is 0 Å². The summed E-state index contributed by atoms with van der Waals surface area (Å²) in [5, 5.41) is 3.39. The number of hydrogen-bond acceptors (Lipinski definition) is 3. The van der Waals surface area contributed by atoms with Crippen LogP contribution in [0, 0.1) is 5.92 Å². The molecule has 3 nitrogen and oxygen atoms in total. The molecule has 0 aromatic rings. The van der Waals surface area contributed by atoms with E-state index in [2.05, 4.69) is 12.2 Å². The van der Waals surface area contributed by atoms with Crippen molar-refractivity contribution in [2.75, 3.05) is 12.8 Å². The smallest absolute Gasteiger partial charge is 0.153 e. The Morgan fingerprint density at radius 2 is 1.81 bits per heavy atom. The Labute approximate surface area is 99.9 Å². The molecule has 0 saturated heterocycles. The molecular formula is C12H25NO2S. The van der Waals surface area contributed by atoms with E-state index in [-0.39, 0.29) is 0 Å². The summed E-state index contributed by atoms with van der Waals surface area (Å²) in [6, 6.07) is 0.434. The fourth-order valence-electron chi connectivity index (χ4n) is 2.16. The highest BCUT2D eigenvalue weighted by molar-refractivity contribution is 7.92. The van der Waals surface area contributed by atoms with Crippen molar-refractivity contribution in [1.29, 1.82) is 0 Å². The molecule has 0 aromatic heterocycles. The minimum atomic E-state index is -2.98. The number of rotatable bonds is 5. The van der Waals surface area contributed by atoms with Crippen LogP contribution in [0.3, 0.4) is 0 Å². The Kier molecular flexibility index (Phi) is 4.41. The van der Waals surface area contributed by atoms with Crippen molar-refractivity contribution in [3.05, 3.63) is 0 Å². The van der Waals surface area contributed by atoms with Crippen molar-refractivity contribution in [2.24, 2.45) is 5.92 Å². The first-order valence-corrected chi connectivity index (χ1v) is 8.06. The molecule has 0 aromatic carbocycles. The molecule has 0 spiro atoms. The third kappa shape index (κ3) is 3.45. The van der Waals surface area contributed by atoms with Crippen LogP contribution in [0.15, 0.2) is 0 Å². The molecule has 1 aliphatic carbocycles. The van der Waals surface area contributed by atoms with E-state index < -0.39 is 14.6 Å². The summed E-state index contributed by atoms with van der Waals surface area (Å²) in [5.41, 5.74) is 0. The molecule has 96 valence electrons. The standard InChI is InChI=1S/C12H25NO2S/c1-10(11-7-5-6-8-11)13-9-12(2,3)16(4,14)15/h10-11,13H,5-9H2,1-4H3. The molecule has 1 unspecified atom stereocenters. The van der Waals surface area contributed by atoms with Gasteiger partial charge in [-0.3, -0.25) is 0 Å². The molecule has 0 heterocycles. The SMILES string of the molecule is CC(NCC(C)(C)S(C)(=O)=O)C1CCCC1. The fraction of sp³-hybridized carbons (Fsp3) is 1.00. The number of hydrogen-bond donors (Lipinski definition) is 1. The van der Waals surface area contributed by atoms with Gasteiger partial charge in [-0.15, -0.1) is 0 Å². The molecular weight excluding hydrogens is 222 g/mol. The molecule has 0 amide bonds. The van der Waals surface area contributed by atoms with Crippen molar-refractivity contribution in [3.8, 4) is 0 Å². The molecule has 4 heteroatoms. The van der Waals surface area contributed by atoms with Gasteiger partial charge in [0.1, 0.15) is 0 Å². The van der Waals surface area contributed by atoms with Crippen molar-refractivity contribution >= 4 is 9.84 Å². The predicted octanol–water partition coefficient (Wildman–Crippen LogP) is 1.98. The summed E-state index contributed by atoms with van der Waals surface area (Å²) in [6.45, 7) is 6.30. The van der Waals surface area contributed by atoms with E-state index in [4.69, 9.17) is 0 Å². The van der Waals surface area contributed by atoms with Gasteiger partial charge in [0.05, 0.1) is 4.75 Å². The van der Waals surface area contributed by atoms with Crippen molar-refractivity contribution in [1.82, 2.24) is 5.32 Å². The minimum Gasteiger partial charge on any atom is -0.312 e. The van der Waals surface area contributed by atoms with Crippen LogP contribution in [0.4, 0.5) is 0 Å². The lowest BCUT2D eigenvalue weighted by molar-refractivity contribution is 0.367. The zero-order chi connectivity index (χ0) is 12.4. The normalized spacial score (nSPS) is 21.2. The van der Waals surface area contributed by atoms with Crippen molar-refractivity contribution in [2.45, 2.75) is 57.2 Å². The molecule has 1 fully saturated rings. The summed E-state index contributed by atoms with van der Waals surface area (Å²) in [4.78, 5) is 0. The molecule has 1 aliphatic rings. The summed E-state index contributed by atoms with van der Waals surface area (Å²) < 4.78 is 22.4. The maximum Gasteiger partial charge on any atom is 0.153 e. The van der Waals surface area contributed by atoms with Crippen LogP contribution < -0.4 is 5.32 Å². The molecule has 0 aliphatic heterocycles. The van der Waals surface area contributed by atoms with Crippen molar-refractivity contribution < 1.29 is 8.42 Å². The molecule has 0 radical (unpaired) electrons. The Morgan fingerprint density at radius 3 is 2.25 bits per heavy atom. The van der Waals surface area contributed by atoms with Crippen LogP contribution >= 0.6 is 0 Å². The molecule has 1 saturated carbocycles. The lowest BCUT2D eigenvalue weighted by Crippen LogP contribution is -2.46. The maximum absolute atomic E-state index is 11.5. The summed E-state index contributed by atoms with van der Waals surface area (Å²) in [7, 11) is -2.98. The lowest BCUT2D eigenvalue weighted by atomic mass is 9.99. The van der Waals surface area contributed by atoms with E-state index >= 15 is 0 Å². The Hall–Kier alpha value is -0.0900. The highest BCUT2D eigenvalue weighted by Gasteiger charge is 2.31. The molecule has 1 rings (SSSR count). The van der Waals surface area contributed by atoms with Crippen LogP contribution in [0.1, 0.15) is 46.5 Å². The van der Waals surface area contributed by atoms with Crippen molar-refractivity contribution in [3.63, 3.8) is 0 Å². The third-order valence-electron chi connectivity index (χ3n) is 3.96. The highest BCUT2D eigenvalue weighted by atomic mass is 32.2. The fourth-order valence-corrected chi connectivity index (χ4v) is 2.51. The Balaban J connectivity index is 2.44. The first-order chi connectivity index (χ1) is 7.24. The zero-order valence-corrected chi connectivity index (χ0v) is 11.7. The topological polar surface area (TPSA) is 46.2 Å². The van der Waals surface area contributed by atoms with Gasteiger partial charge in [-0.1, -0.05) is 12.8 Å². The molecule has 1 atom stereocenters. The quantitative estimate of drug-likeness (QED) is 0.808. The van der Waals surface area contributed by atoms with Gasteiger partial charge in [0.2, 0.25) is 0 Å². The minimum absolute atomic E-state index is 0.434. The van der Waals surface area contributed by atoms with E-state index in [1.807, 2.05) is 0 Å². The van der Waals surface area contributed by atoms with Gasteiger partial charge in [-0.2, -0.15) is 0 Å². The Bertz CT molecular complexity index is 316. The summed E-state index contributed by atoms with van der Waals surface area (Å²) in [5.74, 6) is 0.732. The molecule has 1 N–H and O–H groups in total. The molecule has 0 bridgehead atoms. The van der Waals surface area contributed by atoms with Gasteiger partial charge in [0.15, 0.2) is 9.84 Å². The first kappa shape index (κ1) is 14.0. The third-order valence-corrected chi connectivity index (χ3v) is 6.11. The summed E-state index contributed by atoms with van der Waals surface area (Å²) in [6.07, 6.45) is 6.54. The largest absolute Gasteiger partial charge is 0.312 e. The van der Waals surface area contributed by atoms with Gasteiger partial charge in [0, 0.05) is 18.8 Å². The van der Waals surface area contributed by atoms with E-state index in [1.54, 1.807) is 13.8 Å². The van der Waals surface area contributed by atoms with Gasteiger partial charge < -0.3 is 5.32 Å². The number of nitrogens with one attached hydrogen (secondary N) is 1.